The molecule has 2 aliphatic rings. The molecule has 2 aromatic rings. The third-order valence-electron chi connectivity index (χ3n) is 5.34. The Morgan fingerprint density at radius 3 is 2.43 bits per heavy atom. The van der Waals surface area contributed by atoms with Crippen LogP contribution < -0.4 is 19.5 Å². The predicted octanol–water partition coefficient (Wildman–Crippen LogP) is 3.24. The second kappa shape index (κ2) is 7.48. The normalized spacial score (nSPS) is 16.8. The molecule has 1 aliphatic heterocycles. The number of methoxy groups -OCH3 is 1. The molecule has 1 fully saturated rings. The van der Waals surface area contributed by atoms with Gasteiger partial charge in [0.1, 0.15) is 10.6 Å². The molecule has 9 heteroatoms. The summed E-state index contributed by atoms with van der Waals surface area (Å²) in [4.78, 5) is 12.7. The van der Waals surface area contributed by atoms with Gasteiger partial charge in [-0.25, -0.2) is 12.7 Å². The molecule has 4 rings (SSSR count). The minimum atomic E-state index is -3.78. The lowest BCUT2D eigenvalue weighted by molar-refractivity contribution is -0.0716. The highest BCUT2D eigenvalue weighted by atomic mass is 32.2. The zero-order valence-corrected chi connectivity index (χ0v) is 17.9. The van der Waals surface area contributed by atoms with Crippen LogP contribution in [0.2, 0.25) is 0 Å². The number of anilines is 1. The Morgan fingerprint density at radius 1 is 1.07 bits per heavy atom. The Balaban J connectivity index is 1.57. The number of rotatable bonds is 5. The topological polar surface area (TPSA) is 94.2 Å². The number of hydrogen-bond donors (Lipinski definition) is 1. The molecule has 0 bridgehead atoms. The SMILES string of the molecule is COc1ccc(C(=O)Nc2ccc3c(c2)OC2(CCCC2)O3)cc1S(=O)(=O)N(C)C. The predicted molar refractivity (Wildman–Crippen MR) is 111 cm³/mol. The molecule has 1 amide bonds. The van der Waals surface area contributed by atoms with Crippen LogP contribution in [0.5, 0.6) is 17.2 Å². The molecule has 1 saturated carbocycles. The van der Waals surface area contributed by atoms with Crippen LogP contribution in [-0.4, -0.2) is 45.6 Å². The highest BCUT2D eigenvalue weighted by molar-refractivity contribution is 7.89. The van der Waals surface area contributed by atoms with Gasteiger partial charge in [-0.3, -0.25) is 4.79 Å². The van der Waals surface area contributed by atoms with Crippen molar-refractivity contribution < 1.29 is 27.4 Å². The summed E-state index contributed by atoms with van der Waals surface area (Å²) in [6, 6.07) is 9.52. The quantitative estimate of drug-likeness (QED) is 0.780. The van der Waals surface area contributed by atoms with Gasteiger partial charge in [-0.1, -0.05) is 0 Å². The van der Waals surface area contributed by atoms with Crippen LogP contribution in [0.3, 0.4) is 0 Å². The smallest absolute Gasteiger partial charge is 0.255 e. The first-order chi connectivity index (χ1) is 14.2. The Morgan fingerprint density at radius 2 is 1.77 bits per heavy atom. The maximum atomic E-state index is 12.8. The summed E-state index contributed by atoms with van der Waals surface area (Å²) in [6.07, 6.45) is 3.82. The van der Waals surface area contributed by atoms with Crippen molar-refractivity contribution in [3.63, 3.8) is 0 Å². The average Bonchev–Trinajstić information content (AvgIpc) is 3.32. The van der Waals surface area contributed by atoms with Gasteiger partial charge >= 0.3 is 0 Å². The second-order valence-corrected chi connectivity index (χ2v) is 9.71. The number of nitrogens with one attached hydrogen (secondary N) is 1. The van der Waals surface area contributed by atoms with Gasteiger partial charge in [0.05, 0.1) is 7.11 Å². The standard InChI is InChI=1S/C21H24N2O6S/c1-23(2)30(25,26)19-12-14(6-8-17(19)27-3)20(24)22-15-7-9-16-18(13-15)29-21(28-16)10-4-5-11-21/h6-9,12-13H,4-5,10-11H2,1-3H3,(H,22,24). The number of carbonyl (C=O) groups is 1. The average molecular weight is 432 g/mol. The van der Waals surface area contributed by atoms with Crippen molar-refractivity contribution in [3.05, 3.63) is 42.0 Å². The minimum absolute atomic E-state index is 0.0727. The fourth-order valence-corrected chi connectivity index (χ4v) is 4.78. The molecule has 1 heterocycles. The van der Waals surface area contributed by atoms with E-state index in [1.165, 1.54) is 39.4 Å². The molecule has 2 aromatic carbocycles. The van der Waals surface area contributed by atoms with Crippen LogP contribution in [0.15, 0.2) is 41.3 Å². The fraction of sp³-hybridized carbons (Fsp3) is 0.381. The van der Waals surface area contributed by atoms with Gasteiger partial charge in [0.15, 0.2) is 11.5 Å². The maximum Gasteiger partial charge on any atom is 0.255 e. The van der Waals surface area contributed by atoms with E-state index >= 15 is 0 Å². The zero-order valence-electron chi connectivity index (χ0n) is 17.1. The highest BCUT2D eigenvalue weighted by Gasteiger charge is 2.44. The Hall–Kier alpha value is -2.78. The summed E-state index contributed by atoms with van der Waals surface area (Å²) in [7, 11) is 0.448. The van der Waals surface area contributed by atoms with Gasteiger partial charge in [-0.2, -0.15) is 0 Å². The maximum absolute atomic E-state index is 12.8. The zero-order chi connectivity index (χ0) is 21.5. The summed E-state index contributed by atoms with van der Waals surface area (Å²) in [6.45, 7) is 0. The third kappa shape index (κ3) is 3.59. The van der Waals surface area contributed by atoms with Crippen LogP contribution >= 0.6 is 0 Å². The summed E-state index contributed by atoms with van der Waals surface area (Å²) in [5.74, 6) is 0.419. The van der Waals surface area contributed by atoms with E-state index in [2.05, 4.69) is 5.32 Å². The fourth-order valence-electron chi connectivity index (χ4n) is 3.71. The molecule has 1 aliphatic carbocycles. The first-order valence-corrected chi connectivity index (χ1v) is 11.1. The summed E-state index contributed by atoms with van der Waals surface area (Å²) < 4.78 is 43.4. The monoisotopic (exact) mass is 432 g/mol. The number of ether oxygens (including phenoxy) is 3. The van der Waals surface area contributed by atoms with E-state index in [1.54, 1.807) is 18.2 Å². The van der Waals surface area contributed by atoms with Crippen LogP contribution in [0.1, 0.15) is 36.0 Å². The lowest BCUT2D eigenvalue weighted by Gasteiger charge is -2.21. The number of hydrogen-bond acceptors (Lipinski definition) is 6. The Kier molecular flexibility index (Phi) is 5.11. The van der Waals surface area contributed by atoms with E-state index in [-0.39, 0.29) is 16.2 Å². The molecule has 0 aromatic heterocycles. The van der Waals surface area contributed by atoms with Crippen LogP contribution in [0.25, 0.3) is 0 Å². The molecular formula is C21H24N2O6S. The molecule has 160 valence electrons. The third-order valence-corrected chi connectivity index (χ3v) is 7.18. The van der Waals surface area contributed by atoms with E-state index in [1.807, 2.05) is 0 Å². The number of amides is 1. The van der Waals surface area contributed by atoms with Gasteiger partial charge in [0.25, 0.3) is 11.7 Å². The van der Waals surface area contributed by atoms with E-state index in [0.29, 0.717) is 17.2 Å². The van der Waals surface area contributed by atoms with Crippen molar-refractivity contribution >= 4 is 21.6 Å². The summed E-state index contributed by atoms with van der Waals surface area (Å²) >= 11 is 0. The summed E-state index contributed by atoms with van der Waals surface area (Å²) in [5.41, 5.74) is 0.728. The molecule has 1 spiro atoms. The lowest BCUT2D eigenvalue weighted by atomic mass is 10.2. The largest absolute Gasteiger partial charge is 0.495 e. The number of fused-ring (bicyclic) bond motifs is 1. The molecular weight excluding hydrogens is 408 g/mol. The second-order valence-electron chi connectivity index (χ2n) is 7.59. The minimum Gasteiger partial charge on any atom is -0.495 e. The van der Waals surface area contributed by atoms with Gasteiger partial charge < -0.3 is 19.5 Å². The van der Waals surface area contributed by atoms with Crippen molar-refractivity contribution in [1.82, 2.24) is 4.31 Å². The van der Waals surface area contributed by atoms with Crippen molar-refractivity contribution in [3.8, 4) is 17.2 Å². The van der Waals surface area contributed by atoms with Crippen molar-refractivity contribution in [1.29, 1.82) is 0 Å². The molecule has 1 N–H and O–H groups in total. The molecule has 0 radical (unpaired) electrons. The van der Waals surface area contributed by atoms with Gasteiger partial charge in [-0.05, 0) is 43.2 Å². The van der Waals surface area contributed by atoms with Crippen LogP contribution in [0, 0.1) is 0 Å². The van der Waals surface area contributed by atoms with Crippen LogP contribution in [0.4, 0.5) is 5.69 Å². The van der Waals surface area contributed by atoms with Crippen molar-refractivity contribution in [2.45, 2.75) is 36.4 Å². The Bertz CT molecular complexity index is 1090. The number of carbonyl (C=O) groups excluding carboxylic acids is 1. The number of nitrogens with zero attached hydrogens (tertiary/aromatic N) is 1. The van der Waals surface area contributed by atoms with E-state index < -0.39 is 21.7 Å². The molecule has 30 heavy (non-hydrogen) atoms. The first kappa shape index (κ1) is 20.5. The van der Waals surface area contributed by atoms with Gasteiger partial charge in [0.2, 0.25) is 10.0 Å². The van der Waals surface area contributed by atoms with Gasteiger partial charge in [0, 0.05) is 44.3 Å². The molecule has 8 nitrogen and oxygen atoms in total. The summed E-state index contributed by atoms with van der Waals surface area (Å²) in [5, 5.41) is 2.79. The number of benzene rings is 2. The lowest BCUT2D eigenvalue weighted by Crippen LogP contribution is -2.34. The van der Waals surface area contributed by atoms with Crippen molar-refractivity contribution in [2.75, 3.05) is 26.5 Å². The molecule has 0 unspecified atom stereocenters. The first-order valence-electron chi connectivity index (χ1n) is 9.68. The van der Waals surface area contributed by atoms with Crippen molar-refractivity contribution in [2.24, 2.45) is 0 Å². The van der Waals surface area contributed by atoms with E-state index in [4.69, 9.17) is 14.2 Å². The Labute approximate surface area is 175 Å². The van der Waals surface area contributed by atoms with E-state index in [0.717, 1.165) is 30.0 Å². The van der Waals surface area contributed by atoms with E-state index in [9.17, 15) is 13.2 Å². The molecule has 0 atom stereocenters. The molecule has 0 saturated heterocycles. The number of sulfonamides is 1. The van der Waals surface area contributed by atoms with Gasteiger partial charge in [-0.15, -0.1) is 0 Å². The highest BCUT2D eigenvalue weighted by Crippen LogP contribution is 2.47. The van der Waals surface area contributed by atoms with Crippen LogP contribution in [-0.2, 0) is 10.0 Å².